The van der Waals surface area contributed by atoms with Gasteiger partial charge in [0.05, 0.1) is 34.4 Å². The summed E-state index contributed by atoms with van der Waals surface area (Å²) < 4.78 is 50.0. The van der Waals surface area contributed by atoms with Gasteiger partial charge in [-0.05, 0) is 62.3 Å². The van der Waals surface area contributed by atoms with E-state index in [4.69, 9.17) is 42.1 Å². The summed E-state index contributed by atoms with van der Waals surface area (Å²) in [6.45, 7) is 1.98. The Bertz CT molecular complexity index is 1790. The molecule has 0 saturated heterocycles. The Balaban J connectivity index is 1.10. The molecule has 4 aromatic carbocycles. The number of nitrogens with zero attached hydrogens (tertiary/aromatic N) is 2. The lowest BCUT2D eigenvalue weighted by molar-refractivity contribution is -0.167. The molecule has 0 aliphatic carbocycles. The van der Waals surface area contributed by atoms with Gasteiger partial charge in [-0.2, -0.15) is 10.5 Å². The van der Waals surface area contributed by atoms with Crippen LogP contribution < -0.4 is 20.1 Å². The minimum atomic E-state index is -1.08. The van der Waals surface area contributed by atoms with E-state index in [0.717, 1.165) is 23.3 Å². The van der Waals surface area contributed by atoms with Gasteiger partial charge in [0.1, 0.15) is 47.5 Å². The van der Waals surface area contributed by atoms with Crippen molar-refractivity contribution in [2.75, 3.05) is 39.4 Å². The lowest BCUT2D eigenvalue weighted by Crippen LogP contribution is -2.25. The zero-order chi connectivity index (χ0) is 38.7. The Morgan fingerprint density at radius 2 is 1.02 bits per heavy atom. The highest BCUT2D eigenvalue weighted by atomic mass is 35.5. The first-order valence-corrected chi connectivity index (χ1v) is 17.9. The van der Waals surface area contributed by atoms with E-state index in [9.17, 15) is 28.9 Å². The summed E-state index contributed by atoms with van der Waals surface area (Å²) >= 11 is 11.9. The fourth-order valence-electron chi connectivity index (χ4n) is 5.21. The number of hydrogen-bond donors (Lipinski definition) is 2. The van der Waals surface area contributed by atoms with Gasteiger partial charge < -0.3 is 29.6 Å². The third-order valence-corrected chi connectivity index (χ3v) is 8.54. The van der Waals surface area contributed by atoms with Crippen molar-refractivity contribution >= 4 is 35.1 Å². The molecule has 2 atom stereocenters. The van der Waals surface area contributed by atoms with E-state index >= 15 is 0 Å². The second-order valence-corrected chi connectivity index (χ2v) is 12.7. The molecule has 0 fully saturated rings. The van der Waals surface area contributed by atoms with Gasteiger partial charge in [0.2, 0.25) is 0 Å². The highest BCUT2D eigenvalue weighted by molar-refractivity contribution is 6.31. The van der Waals surface area contributed by atoms with Crippen LogP contribution in [0.15, 0.2) is 84.9 Å². The zero-order valence-electron chi connectivity index (χ0n) is 29.2. The van der Waals surface area contributed by atoms with Gasteiger partial charge in [0.25, 0.3) is 0 Å². The number of hydrogen-bond acceptors (Lipinski definition) is 10. The molecule has 0 radical (unpaired) electrons. The van der Waals surface area contributed by atoms with Crippen molar-refractivity contribution in [2.24, 2.45) is 0 Å². The molecule has 0 aromatic heterocycles. The van der Waals surface area contributed by atoms with E-state index in [1.807, 2.05) is 72.8 Å². The molecule has 4 aromatic rings. The lowest BCUT2D eigenvalue weighted by Gasteiger charge is -2.21. The van der Waals surface area contributed by atoms with Crippen LogP contribution in [0.25, 0.3) is 0 Å². The Kier molecular flexibility index (Phi) is 17.0. The average Bonchev–Trinajstić information content (AvgIpc) is 3.19. The van der Waals surface area contributed by atoms with Crippen LogP contribution in [0.2, 0.25) is 10.0 Å². The van der Waals surface area contributed by atoms with Gasteiger partial charge in [-0.1, -0.05) is 83.9 Å². The monoisotopic (exact) mass is 778 g/mol. The number of rotatable bonds is 20. The van der Waals surface area contributed by atoms with Crippen molar-refractivity contribution in [3.05, 3.63) is 129 Å². The number of nitrogens with one attached hydrogen (secondary N) is 2. The minimum Gasteiger partial charge on any atom is -0.484 e. The molecule has 0 bridgehead atoms. The molecule has 0 heterocycles. The van der Waals surface area contributed by atoms with Crippen LogP contribution in [-0.2, 0) is 19.1 Å². The van der Waals surface area contributed by atoms with Gasteiger partial charge in [-0.15, -0.1) is 0 Å². The lowest BCUT2D eigenvalue weighted by atomic mass is 10.1. The number of benzene rings is 4. The van der Waals surface area contributed by atoms with Crippen molar-refractivity contribution < 1.29 is 37.3 Å². The van der Waals surface area contributed by atoms with Crippen molar-refractivity contribution in [1.29, 1.82) is 10.5 Å². The average molecular weight is 780 g/mol. The molecular weight excluding hydrogens is 741 g/mol. The van der Waals surface area contributed by atoms with Crippen LogP contribution in [0.5, 0.6) is 11.5 Å². The van der Waals surface area contributed by atoms with Crippen LogP contribution in [0.4, 0.5) is 8.78 Å². The maximum absolute atomic E-state index is 13.9. The van der Waals surface area contributed by atoms with Crippen LogP contribution >= 0.6 is 23.2 Å². The molecule has 0 unspecified atom stereocenters. The van der Waals surface area contributed by atoms with E-state index in [-0.39, 0.29) is 45.9 Å². The summed E-state index contributed by atoms with van der Waals surface area (Å²) in [7, 11) is 0. The molecule has 0 spiro atoms. The Labute approximate surface area is 322 Å². The van der Waals surface area contributed by atoms with Gasteiger partial charge in [0, 0.05) is 25.0 Å². The van der Waals surface area contributed by atoms with E-state index in [1.54, 1.807) is 0 Å². The highest BCUT2D eigenvalue weighted by Gasteiger charge is 2.20. The van der Waals surface area contributed by atoms with Crippen molar-refractivity contribution in [1.82, 2.24) is 10.6 Å². The van der Waals surface area contributed by atoms with Crippen LogP contribution in [0.1, 0.15) is 60.1 Å². The van der Waals surface area contributed by atoms with Gasteiger partial charge in [0.15, 0.2) is 0 Å². The fourth-order valence-corrected chi connectivity index (χ4v) is 5.52. The van der Waals surface area contributed by atoms with E-state index in [0.29, 0.717) is 51.9 Å². The first-order chi connectivity index (χ1) is 26.2. The van der Waals surface area contributed by atoms with E-state index in [2.05, 4.69) is 10.6 Å². The fraction of sp³-hybridized carbons (Fsp3) is 0.300. The Morgan fingerprint density at radius 1 is 0.630 bits per heavy atom. The van der Waals surface area contributed by atoms with Crippen molar-refractivity contribution in [2.45, 2.75) is 37.9 Å². The van der Waals surface area contributed by atoms with Gasteiger partial charge >= 0.3 is 11.9 Å². The first kappa shape index (κ1) is 41.5. The largest absolute Gasteiger partial charge is 0.484 e. The summed E-state index contributed by atoms with van der Waals surface area (Å²) in [5.41, 5.74) is 1.79. The number of halogens is 4. The summed E-state index contributed by atoms with van der Waals surface area (Å²) in [4.78, 5) is 24.2. The predicted molar refractivity (Wildman–Crippen MR) is 198 cm³/mol. The van der Waals surface area contributed by atoms with Crippen LogP contribution in [-0.4, -0.2) is 51.3 Å². The summed E-state index contributed by atoms with van der Waals surface area (Å²) in [5.74, 6) is -3.21. The molecule has 54 heavy (non-hydrogen) atoms. The molecule has 2 N–H and O–H groups in total. The van der Waals surface area contributed by atoms with Crippen LogP contribution in [0.3, 0.4) is 0 Å². The molecule has 282 valence electrons. The number of carbonyl (C=O) groups is 2. The standard InChI is InChI=1S/C40H38Cl2F2N4O6/c41-31-23-37(29(25-45)21-33(31)43)53-35(27-9-3-1-4-10-27)13-17-47-15-7-19-51-39(49)40(50)52-20-8-16-48-18-14-36(28-11-5-2-6-12-28)54-38-24-32(42)34(44)22-30(38)26-46/h1-6,9-12,21-24,35-36,47-48H,7-8,13-20H2/t35-,36-/m1/s1. The maximum atomic E-state index is 13.9. The smallest absolute Gasteiger partial charge is 0.417 e. The number of carbonyl (C=O) groups excluding carboxylic acids is 2. The molecular formula is C40H38Cl2F2N4O6. The van der Waals surface area contributed by atoms with E-state index < -0.39 is 35.8 Å². The second-order valence-electron chi connectivity index (χ2n) is 11.8. The maximum Gasteiger partial charge on any atom is 0.417 e. The predicted octanol–water partition coefficient (Wildman–Crippen LogP) is 7.78. The van der Waals surface area contributed by atoms with Crippen molar-refractivity contribution in [3.8, 4) is 23.6 Å². The summed E-state index contributed by atoms with van der Waals surface area (Å²) in [6, 6.07) is 27.3. The zero-order valence-corrected chi connectivity index (χ0v) is 30.7. The molecule has 0 saturated carbocycles. The SMILES string of the molecule is N#Cc1cc(F)c(Cl)cc1O[C@H](CCNCCCOC(=O)C(=O)OCCCNCC[C@@H](Oc1cc(Cl)c(F)cc1C#N)c1ccccc1)c1ccccc1. The third kappa shape index (κ3) is 13.0. The van der Waals surface area contributed by atoms with Crippen LogP contribution in [0, 0.1) is 34.3 Å². The van der Waals surface area contributed by atoms with E-state index in [1.165, 1.54) is 12.1 Å². The van der Waals surface area contributed by atoms with Crippen molar-refractivity contribution in [3.63, 3.8) is 0 Å². The molecule has 0 aliphatic heterocycles. The van der Waals surface area contributed by atoms with Gasteiger partial charge in [-0.3, -0.25) is 0 Å². The third-order valence-electron chi connectivity index (χ3n) is 7.96. The number of esters is 2. The highest BCUT2D eigenvalue weighted by Crippen LogP contribution is 2.32. The Hall–Kier alpha value is -5.24. The summed E-state index contributed by atoms with van der Waals surface area (Å²) in [5, 5.41) is 25.0. The first-order valence-electron chi connectivity index (χ1n) is 17.2. The topological polar surface area (TPSA) is 143 Å². The molecule has 14 heteroatoms. The number of nitriles is 2. The Morgan fingerprint density at radius 3 is 1.39 bits per heavy atom. The molecule has 4 rings (SSSR count). The normalized spacial score (nSPS) is 11.8. The summed E-state index contributed by atoms with van der Waals surface area (Å²) in [6.07, 6.45) is 0.961. The molecule has 10 nitrogen and oxygen atoms in total. The quantitative estimate of drug-likeness (QED) is 0.0519. The number of ether oxygens (including phenoxy) is 4. The second kappa shape index (κ2) is 22.1. The minimum absolute atomic E-state index is 0.00531. The van der Waals surface area contributed by atoms with Gasteiger partial charge in [-0.25, -0.2) is 18.4 Å². The molecule has 0 aliphatic rings. The molecule has 0 amide bonds.